The third-order valence-electron chi connectivity index (χ3n) is 3.96. The normalized spacial score (nSPS) is 15.3. The third-order valence-corrected chi connectivity index (χ3v) is 6.11. The molecule has 1 saturated heterocycles. The fourth-order valence-corrected chi connectivity index (χ4v) is 4.48. The second-order valence-electron chi connectivity index (χ2n) is 5.72. The lowest BCUT2D eigenvalue weighted by atomic mass is 10.2. The third kappa shape index (κ3) is 3.84. The van der Waals surface area contributed by atoms with Crippen LogP contribution in [0.15, 0.2) is 47.4 Å². The molecule has 0 bridgehead atoms. The van der Waals surface area contributed by atoms with Gasteiger partial charge in [0.05, 0.1) is 0 Å². The van der Waals surface area contributed by atoms with Gasteiger partial charge in [0.1, 0.15) is 10.7 Å². The van der Waals surface area contributed by atoms with Crippen LogP contribution < -0.4 is 5.32 Å². The summed E-state index contributed by atoms with van der Waals surface area (Å²) in [5.41, 5.74) is 0.518. The lowest BCUT2D eigenvalue weighted by molar-refractivity contribution is 0.102. The maximum Gasteiger partial charge on any atom is 0.255 e. The van der Waals surface area contributed by atoms with Crippen molar-refractivity contribution in [3.05, 3.63) is 58.9 Å². The van der Waals surface area contributed by atoms with Crippen molar-refractivity contribution in [2.75, 3.05) is 18.4 Å². The van der Waals surface area contributed by atoms with Crippen LogP contribution in [0.2, 0.25) is 5.02 Å². The molecule has 0 atom stereocenters. The molecule has 1 aliphatic rings. The van der Waals surface area contributed by atoms with Gasteiger partial charge in [-0.1, -0.05) is 17.7 Å². The number of hydrogen-bond donors (Lipinski definition) is 1. The first-order valence-corrected chi connectivity index (χ1v) is 9.56. The molecular formula is C17H16ClFN2O3S. The number of sulfonamides is 1. The summed E-state index contributed by atoms with van der Waals surface area (Å²) >= 11 is 5.87. The van der Waals surface area contributed by atoms with Gasteiger partial charge in [-0.25, -0.2) is 12.8 Å². The van der Waals surface area contributed by atoms with Crippen molar-refractivity contribution in [3.63, 3.8) is 0 Å². The Kier molecular flexibility index (Phi) is 5.08. The zero-order valence-electron chi connectivity index (χ0n) is 13.2. The van der Waals surface area contributed by atoms with Crippen molar-refractivity contribution in [3.8, 4) is 0 Å². The summed E-state index contributed by atoms with van der Waals surface area (Å²) in [4.78, 5) is 11.9. The van der Waals surface area contributed by atoms with Gasteiger partial charge in [-0.15, -0.1) is 0 Å². The van der Waals surface area contributed by atoms with Crippen LogP contribution >= 0.6 is 11.6 Å². The lowest BCUT2D eigenvalue weighted by Gasteiger charge is -2.16. The molecule has 0 aromatic heterocycles. The van der Waals surface area contributed by atoms with E-state index < -0.39 is 26.6 Å². The molecule has 1 fully saturated rings. The molecule has 25 heavy (non-hydrogen) atoms. The molecule has 8 heteroatoms. The predicted octanol–water partition coefficient (Wildman–Crippen LogP) is 3.52. The predicted molar refractivity (Wildman–Crippen MR) is 93.8 cm³/mol. The number of amides is 1. The van der Waals surface area contributed by atoms with E-state index in [4.69, 9.17) is 11.6 Å². The molecule has 2 aromatic rings. The molecule has 0 unspecified atom stereocenters. The largest absolute Gasteiger partial charge is 0.322 e. The van der Waals surface area contributed by atoms with Crippen molar-refractivity contribution in [2.45, 2.75) is 17.7 Å². The Morgan fingerprint density at radius 2 is 1.84 bits per heavy atom. The molecule has 3 rings (SSSR count). The van der Waals surface area contributed by atoms with Crippen LogP contribution in [0.1, 0.15) is 23.2 Å². The SMILES string of the molecule is O=C(Nc1cccc(Cl)c1)c1ccc(F)c(S(=O)(=O)N2CCCC2)c1. The molecule has 1 aliphatic heterocycles. The van der Waals surface area contributed by atoms with E-state index in [2.05, 4.69) is 5.32 Å². The highest BCUT2D eigenvalue weighted by atomic mass is 35.5. The fraction of sp³-hybridized carbons (Fsp3) is 0.235. The van der Waals surface area contributed by atoms with E-state index >= 15 is 0 Å². The number of nitrogens with one attached hydrogen (secondary N) is 1. The van der Waals surface area contributed by atoms with Gasteiger partial charge in [0.15, 0.2) is 0 Å². The highest BCUT2D eigenvalue weighted by Gasteiger charge is 2.30. The summed E-state index contributed by atoms with van der Waals surface area (Å²) in [5, 5.41) is 3.07. The number of rotatable bonds is 4. The molecule has 0 aliphatic carbocycles. The minimum atomic E-state index is -3.95. The Morgan fingerprint density at radius 3 is 2.52 bits per heavy atom. The molecule has 1 amide bonds. The van der Waals surface area contributed by atoms with Gasteiger partial charge in [0.25, 0.3) is 5.91 Å². The van der Waals surface area contributed by atoms with Gasteiger partial charge in [0.2, 0.25) is 10.0 Å². The Labute approximate surface area is 150 Å². The van der Waals surface area contributed by atoms with E-state index in [1.54, 1.807) is 24.3 Å². The maximum absolute atomic E-state index is 14.1. The molecular weight excluding hydrogens is 367 g/mol. The summed E-state index contributed by atoms with van der Waals surface area (Å²) < 4.78 is 40.5. The first kappa shape index (κ1) is 17.8. The first-order valence-electron chi connectivity index (χ1n) is 7.74. The summed E-state index contributed by atoms with van der Waals surface area (Å²) in [5.74, 6) is -1.41. The van der Waals surface area contributed by atoms with Crippen molar-refractivity contribution in [2.24, 2.45) is 0 Å². The number of halogens is 2. The molecule has 0 radical (unpaired) electrons. The highest BCUT2D eigenvalue weighted by molar-refractivity contribution is 7.89. The lowest BCUT2D eigenvalue weighted by Crippen LogP contribution is -2.29. The molecule has 0 saturated carbocycles. The van der Waals surface area contributed by atoms with Gasteiger partial charge in [-0.2, -0.15) is 4.31 Å². The Hall–Kier alpha value is -1.96. The number of carbonyl (C=O) groups excluding carboxylic acids is 1. The average molecular weight is 383 g/mol. The van der Waals surface area contributed by atoms with Crippen LogP contribution in [0.4, 0.5) is 10.1 Å². The van der Waals surface area contributed by atoms with Crippen molar-refractivity contribution in [1.29, 1.82) is 0 Å². The standard InChI is InChI=1S/C17H16ClFN2O3S/c18-13-4-3-5-14(11-13)20-17(22)12-6-7-15(19)16(10-12)25(23,24)21-8-1-2-9-21/h3-7,10-11H,1-2,8-9H2,(H,20,22). The van der Waals surface area contributed by atoms with Crippen molar-refractivity contribution >= 4 is 33.2 Å². The molecule has 132 valence electrons. The molecule has 2 aromatic carbocycles. The Morgan fingerprint density at radius 1 is 1.12 bits per heavy atom. The summed E-state index contributed by atoms with van der Waals surface area (Å²) in [6.45, 7) is 0.724. The van der Waals surface area contributed by atoms with Crippen LogP contribution in [0.5, 0.6) is 0 Å². The highest BCUT2D eigenvalue weighted by Crippen LogP contribution is 2.25. The number of benzene rings is 2. The van der Waals surface area contributed by atoms with E-state index in [1.165, 1.54) is 10.4 Å². The number of nitrogens with zero attached hydrogens (tertiary/aromatic N) is 1. The second kappa shape index (κ2) is 7.11. The monoisotopic (exact) mass is 382 g/mol. The van der Waals surface area contributed by atoms with Crippen LogP contribution in [0, 0.1) is 5.82 Å². The number of anilines is 1. The molecule has 1 N–H and O–H groups in total. The van der Waals surface area contributed by atoms with Gasteiger partial charge < -0.3 is 5.32 Å². The second-order valence-corrected chi connectivity index (χ2v) is 8.06. The summed E-state index contributed by atoms with van der Waals surface area (Å²) in [6.07, 6.45) is 1.49. The average Bonchev–Trinajstić information content (AvgIpc) is 3.10. The van der Waals surface area contributed by atoms with Crippen LogP contribution in [0.3, 0.4) is 0 Å². The van der Waals surface area contributed by atoms with Gasteiger partial charge >= 0.3 is 0 Å². The van der Waals surface area contributed by atoms with E-state index in [0.717, 1.165) is 25.0 Å². The first-order chi connectivity index (χ1) is 11.9. The van der Waals surface area contributed by atoms with E-state index in [0.29, 0.717) is 23.8 Å². The fourth-order valence-electron chi connectivity index (χ4n) is 2.68. The Balaban J connectivity index is 1.89. The minimum Gasteiger partial charge on any atom is -0.322 e. The molecule has 5 nitrogen and oxygen atoms in total. The van der Waals surface area contributed by atoms with Gasteiger partial charge in [-0.05, 0) is 49.2 Å². The topological polar surface area (TPSA) is 66.5 Å². The van der Waals surface area contributed by atoms with Crippen molar-refractivity contribution < 1.29 is 17.6 Å². The maximum atomic E-state index is 14.1. The number of hydrogen-bond acceptors (Lipinski definition) is 3. The van der Waals surface area contributed by atoms with Crippen LogP contribution in [-0.2, 0) is 10.0 Å². The zero-order chi connectivity index (χ0) is 18.0. The van der Waals surface area contributed by atoms with E-state index in [9.17, 15) is 17.6 Å². The molecule has 1 heterocycles. The molecule has 0 spiro atoms. The van der Waals surface area contributed by atoms with Crippen LogP contribution in [-0.4, -0.2) is 31.7 Å². The zero-order valence-corrected chi connectivity index (χ0v) is 14.8. The quantitative estimate of drug-likeness (QED) is 0.879. The summed E-state index contributed by atoms with van der Waals surface area (Å²) in [7, 11) is -3.95. The summed E-state index contributed by atoms with van der Waals surface area (Å²) in [6, 6.07) is 9.86. The smallest absolute Gasteiger partial charge is 0.255 e. The number of carbonyl (C=O) groups is 1. The van der Waals surface area contributed by atoms with Gasteiger partial charge in [0, 0.05) is 29.4 Å². The van der Waals surface area contributed by atoms with Crippen LogP contribution in [0.25, 0.3) is 0 Å². The van der Waals surface area contributed by atoms with E-state index in [-0.39, 0.29) is 5.56 Å². The Bertz CT molecular complexity index is 912. The minimum absolute atomic E-state index is 0.0548. The van der Waals surface area contributed by atoms with E-state index in [1.807, 2.05) is 0 Å². The van der Waals surface area contributed by atoms with Crippen molar-refractivity contribution in [1.82, 2.24) is 4.31 Å². The van der Waals surface area contributed by atoms with Gasteiger partial charge in [-0.3, -0.25) is 4.79 Å².